The number of carboxylic acids is 1. The molecular formula is C44H83NO13. The molecule has 9 N–H and O–H groups in total. The maximum Gasteiger partial charge on any atom is 0.309 e. The minimum atomic E-state index is -0.717. The van der Waals surface area contributed by atoms with Crippen LogP contribution in [-0.4, -0.2) is 91.7 Å². The van der Waals surface area contributed by atoms with E-state index in [4.69, 9.17) is 45.4 Å². The Morgan fingerprint density at radius 1 is 0.552 bits per heavy atom. The average molecular weight is 834 g/mol. The second-order valence-corrected chi connectivity index (χ2v) is 14.3. The number of fused-ring (bicyclic) bond motifs is 5. The summed E-state index contributed by atoms with van der Waals surface area (Å²) in [5, 5.41) is 63.1. The molecule has 14 heteroatoms. The first-order valence-corrected chi connectivity index (χ1v) is 17.8. The molecule has 6 rings (SSSR count). The number of hydrogen-bond acceptors (Lipinski definition) is 12. The molecule has 6 aliphatic rings. The highest BCUT2D eigenvalue weighted by molar-refractivity contribution is 5.76. The van der Waals surface area contributed by atoms with Crippen molar-refractivity contribution < 1.29 is 57.4 Å². The Morgan fingerprint density at radius 3 is 0.966 bits per heavy atom. The molecule has 0 heterocycles. The topological polar surface area (TPSA) is 271 Å². The fourth-order valence-corrected chi connectivity index (χ4v) is 7.92. The van der Waals surface area contributed by atoms with Crippen LogP contribution in [0.25, 0.3) is 0 Å². The van der Waals surface area contributed by atoms with E-state index in [0.717, 1.165) is 57.8 Å². The number of hydrogen-bond donors (Lipinski definition) is 7. The Labute approximate surface area is 357 Å². The highest BCUT2D eigenvalue weighted by atomic mass is 16.7. The minimum Gasteiger partial charge on any atom is -0.481 e. The number of aliphatic hydroxyl groups excluding tert-OH is 4. The standard InChI is InChI=1S/C8H12O3.2C8H14O2.2C8H6.C2H5NO.2CH4.2O2.H2O.8H2/c9-6(10)7-1-3-8(11,5-7)4-2-7;9-6-7-1-3-8(10,5-7)4-2-7;9-5-7-1-2-8(7,6-10)4-3-7;2*1-3-5-7-8-6-4-2;1-3-2-4;;;2*1-2;;;;;;;;;/h11H,1-5H2,(H,9,10);2*9-10H,1-6H2;2*1-2H3;4H,1-2H2;2*1H4;;;1H2;8*1H. The third-order valence-electron chi connectivity index (χ3n) is 11.4. The molecule has 0 radical (unpaired) electrons. The first kappa shape index (κ1) is 62.6. The summed E-state index contributed by atoms with van der Waals surface area (Å²) in [6.07, 6.45) is 12.4. The van der Waals surface area contributed by atoms with Crippen LogP contribution in [-0.2, 0) is 4.79 Å². The van der Waals surface area contributed by atoms with Gasteiger partial charge in [0.15, 0.2) is 0 Å². The van der Waals surface area contributed by atoms with Crippen molar-refractivity contribution in [2.24, 2.45) is 26.7 Å². The van der Waals surface area contributed by atoms with Gasteiger partial charge in [-0.25, -0.2) is 0 Å². The van der Waals surface area contributed by atoms with Gasteiger partial charge >= 0.3 is 5.97 Å². The van der Waals surface area contributed by atoms with E-state index in [1.165, 1.54) is 0 Å². The van der Waals surface area contributed by atoms with E-state index in [0.29, 0.717) is 32.1 Å². The van der Waals surface area contributed by atoms with Crippen LogP contribution in [0.1, 0.15) is 144 Å². The molecule has 0 aromatic heterocycles. The van der Waals surface area contributed by atoms with Crippen LogP contribution in [0.5, 0.6) is 0 Å². The average Bonchev–Trinajstić information content (AvgIpc) is 3.96. The Hall–Kier alpha value is -4.58. The third-order valence-corrected chi connectivity index (χ3v) is 11.4. The first-order chi connectivity index (χ1) is 26.3. The molecule has 342 valence electrons. The van der Waals surface area contributed by atoms with E-state index >= 15 is 0 Å². The molecule has 58 heavy (non-hydrogen) atoms. The van der Waals surface area contributed by atoms with Crippen LogP contribution >= 0.6 is 0 Å². The van der Waals surface area contributed by atoms with Gasteiger partial charge in [0.1, 0.15) is 6.73 Å². The summed E-state index contributed by atoms with van der Waals surface area (Å²) < 4.78 is 0. The van der Waals surface area contributed by atoms with E-state index in [9.17, 15) is 15.0 Å². The smallest absolute Gasteiger partial charge is 0.309 e. The lowest BCUT2D eigenvalue weighted by Crippen LogP contribution is -2.63. The van der Waals surface area contributed by atoms with E-state index < -0.39 is 17.0 Å². The van der Waals surface area contributed by atoms with Crippen LogP contribution in [0, 0.1) is 113 Å². The van der Waals surface area contributed by atoms with Crippen molar-refractivity contribution in [3.63, 3.8) is 0 Å². The van der Waals surface area contributed by atoms with Crippen molar-refractivity contribution in [1.82, 2.24) is 0 Å². The molecule has 14 nitrogen and oxygen atoms in total. The molecular weight excluding hydrogens is 750 g/mol. The first-order valence-electron chi connectivity index (χ1n) is 17.8. The molecule has 0 amide bonds. The van der Waals surface area contributed by atoms with Crippen LogP contribution in [0.3, 0.4) is 0 Å². The number of aliphatic imine (C=N–C) groups is 1. The number of carboxylic acid groups (broad SMARTS) is 1. The summed E-state index contributed by atoms with van der Waals surface area (Å²) in [5.41, 5.74) is -1.14. The normalized spacial score (nSPS) is 28.5. The summed E-state index contributed by atoms with van der Waals surface area (Å²) in [5.74, 6) is 30.3. The van der Waals surface area contributed by atoms with Crippen LogP contribution < -0.4 is 0 Å². The van der Waals surface area contributed by atoms with E-state index in [1.54, 1.807) is 27.7 Å². The van der Waals surface area contributed by atoms with Crippen molar-refractivity contribution in [3.8, 4) is 71.0 Å². The van der Waals surface area contributed by atoms with E-state index in [-0.39, 0.29) is 80.1 Å². The number of aliphatic carboxylic acids is 1. The monoisotopic (exact) mass is 834 g/mol. The largest absolute Gasteiger partial charge is 0.481 e. The lowest BCUT2D eigenvalue weighted by atomic mass is 9.38. The zero-order valence-corrected chi connectivity index (χ0v) is 33.1. The number of rotatable bonds is 5. The zero-order valence-electron chi connectivity index (χ0n) is 33.1. The van der Waals surface area contributed by atoms with Gasteiger partial charge < -0.3 is 41.2 Å². The van der Waals surface area contributed by atoms with Crippen LogP contribution in [0.2, 0.25) is 0 Å². The van der Waals surface area contributed by atoms with Gasteiger partial charge in [0, 0.05) is 61.9 Å². The maximum absolute atomic E-state index is 10.8. The molecule has 0 unspecified atom stereocenters. The molecule has 4 bridgehead atoms. The van der Waals surface area contributed by atoms with Gasteiger partial charge in [-0.1, -0.05) is 38.5 Å². The van der Waals surface area contributed by atoms with E-state index in [1.807, 2.05) is 0 Å². The highest BCUT2D eigenvalue weighted by Crippen LogP contribution is 2.69. The van der Waals surface area contributed by atoms with Gasteiger partial charge in [0.25, 0.3) is 0 Å². The number of carbonyl (C=O) groups is 1. The second kappa shape index (κ2) is 32.4. The Kier molecular flexibility index (Phi) is 35.0. The maximum atomic E-state index is 10.8. The predicted octanol–water partition coefficient (Wildman–Crippen LogP) is 6.23. The van der Waals surface area contributed by atoms with Crippen molar-refractivity contribution in [2.45, 2.75) is 144 Å². The number of aliphatic hydroxyl groups is 6. The van der Waals surface area contributed by atoms with Gasteiger partial charge in [-0.05, 0) is 177 Å². The molecule has 0 spiro atoms. The van der Waals surface area contributed by atoms with Crippen molar-refractivity contribution in [1.29, 1.82) is 0 Å². The van der Waals surface area contributed by atoms with Crippen molar-refractivity contribution in [2.75, 3.05) is 26.6 Å². The fourth-order valence-electron chi connectivity index (χ4n) is 7.92. The molecule has 0 atom stereocenters. The summed E-state index contributed by atoms with van der Waals surface area (Å²) in [6.45, 7) is 10.6. The van der Waals surface area contributed by atoms with Crippen LogP contribution in [0.4, 0.5) is 0 Å². The highest BCUT2D eigenvalue weighted by Gasteiger charge is 2.64. The van der Waals surface area contributed by atoms with Crippen molar-refractivity contribution in [3.05, 3.63) is 19.9 Å². The lowest BCUT2D eigenvalue weighted by molar-refractivity contribution is -0.220. The lowest BCUT2D eigenvalue weighted by Gasteiger charge is -2.67. The Morgan fingerprint density at radius 2 is 0.845 bits per heavy atom. The summed E-state index contributed by atoms with van der Waals surface area (Å²) in [4.78, 5) is 41.9. The minimum absolute atomic E-state index is 0. The van der Waals surface area contributed by atoms with Gasteiger partial charge in [0.05, 0.1) is 16.6 Å². The Bertz CT molecular complexity index is 1460. The molecule has 0 aromatic carbocycles. The van der Waals surface area contributed by atoms with Gasteiger partial charge in [0.2, 0.25) is 0 Å². The molecule has 0 aromatic rings. The summed E-state index contributed by atoms with van der Waals surface area (Å²) in [7, 11) is 0. The Balaban J connectivity index is -0.0000000449. The number of nitrogens with zero attached hydrogens (tertiary/aromatic N) is 1. The summed E-state index contributed by atoms with van der Waals surface area (Å²) >= 11 is 0. The fraction of sp³-hybridized carbons (Fsp3) is 0.682. The van der Waals surface area contributed by atoms with Crippen LogP contribution in [0.15, 0.2) is 4.99 Å². The molecule has 0 saturated heterocycles. The van der Waals surface area contributed by atoms with Crippen molar-refractivity contribution >= 4 is 12.7 Å². The van der Waals surface area contributed by atoms with E-state index in [2.05, 4.69) is 82.8 Å². The quantitative estimate of drug-likeness (QED) is 0.120. The molecule has 6 fully saturated rings. The van der Waals surface area contributed by atoms with Gasteiger partial charge in [-0.3, -0.25) is 9.79 Å². The zero-order chi connectivity index (χ0) is 42.5. The van der Waals surface area contributed by atoms with Gasteiger partial charge in [-0.2, -0.15) is 0 Å². The second-order valence-electron chi connectivity index (χ2n) is 14.3. The predicted molar refractivity (Wildman–Crippen MR) is 247 cm³/mol. The third kappa shape index (κ3) is 18.3. The van der Waals surface area contributed by atoms with Gasteiger partial charge in [-0.15, -0.1) is 0 Å². The molecule has 6 aliphatic carbocycles. The molecule has 0 aliphatic heterocycles. The SMILES string of the molecule is C.C.C=NCO.CC#CC#CC#CC.CC#CC#CC#CC.O.O=C(O)C12CCC(O)(CC1)C2.O=O.O=O.OCC12CCC(O)(CC1)C2.OCC12CCC1(CO)CC2.[HH].[HH].[HH].[HH].[HH].[HH].[HH].[HH]. The summed E-state index contributed by atoms with van der Waals surface area (Å²) in [6, 6.07) is 0. The molecule has 6 saturated carbocycles.